The molecule has 1 heterocycles. The number of aromatic nitrogens is 1. The second-order valence-corrected chi connectivity index (χ2v) is 8.86. The average molecular weight is 443 g/mol. The van der Waals surface area contributed by atoms with Crippen molar-refractivity contribution in [3.8, 4) is 11.1 Å². The van der Waals surface area contributed by atoms with E-state index in [2.05, 4.69) is 10.3 Å². The van der Waals surface area contributed by atoms with Crippen LogP contribution in [-0.2, 0) is 9.53 Å². The standard InChI is InChI=1S/C22H24ClFN2O4.Li.H/c1-22(2,3)30-21(29)26-17-9-7-15(23)19(24)18(17)13-6-8-16(25-11-13)14(20(27)28)10-12-4-5-12;;/h6-9,11-12,14H,4-5,10H2,1-3H3,(H,26,29)(H,27,28);;. The summed E-state index contributed by atoms with van der Waals surface area (Å²) in [5.74, 6) is -1.92. The number of nitrogens with one attached hydrogen (secondary N) is 1. The van der Waals surface area contributed by atoms with Gasteiger partial charge in [0.05, 0.1) is 22.3 Å². The molecule has 2 N–H and O–H groups in total. The average Bonchev–Trinajstić information content (AvgIpc) is 3.46. The molecule has 1 aromatic heterocycles. The van der Waals surface area contributed by atoms with Crippen molar-refractivity contribution >= 4 is 48.2 Å². The van der Waals surface area contributed by atoms with Crippen molar-refractivity contribution in [1.29, 1.82) is 0 Å². The van der Waals surface area contributed by atoms with Crippen LogP contribution in [0.15, 0.2) is 30.5 Å². The summed E-state index contributed by atoms with van der Waals surface area (Å²) in [7, 11) is 0. The van der Waals surface area contributed by atoms with Crippen molar-refractivity contribution in [3.63, 3.8) is 0 Å². The van der Waals surface area contributed by atoms with Gasteiger partial charge < -0.3 is 9.84 Å². The topological polar surface area (TPSA) is 88.5 Å². The molecule has 1 aromatic carbocycles. The summed E-state index contributed by atoms with van der Waals surface area (Å²) in [6.07, 6.45) is 3.28. The molecular weight excluding hydrogens is 418 g/mol. The number of hydrogen-bond donors (Lipinski definition) is 2. The normalized spacial score (nSPS) is 14.4. The van der Waals surface area contributed by atoms with Gasteiger partial charge in [-0.3, -0.25) is 15.1 Å². The number of carboxylic acids is 1. The van der Waals surface area contributed by atoms with Crippen molar-refractivity contribution in [3.05, 3.63) is 47.0 Å². The fourth-order valence-electron chi connectivity index (χ4n) is 3.14. The van der Waals surface area contributed by atoms with Crippen molar-refractivity contribution in [2.24, 2.45) is 5.92 Å². The van der Waals surface area contributed by atoms with Crippen molar-refractivity contribution in [2.75, 3.05) is 5.32 Å². The van der Waals surface area contributed by atoms with Crippen LogP contribution in [0, 0.1) is 11.7 Å². The van der Waals surface area contributed by atoms with E-state index in [0.717, 1.165) is 12.8 Å². The Bertz CT molecular complexity index is 959. The number of carbonyl (C=O) groups excluding carboxylic acids is 1. The molecule has 1 saturated carbocycles. The maximum atomic E-state index is 14.9. The summed E-state index contributed by atoms with van der Waals surface area (Å²) in [6.45, 7) is 5.16. The number of amides is 1. The number of pyridine rings is 1. The zero-order chi connectivity index (χ0) is 22.1. The van der Waals surface area contributed by atoms with Crippen LogP contribution in [0.1, 0.15) is 51.6 Å². The van der Waals surface area contributed by atoms with Crippen LogP contribution in [0.2, 0.25) is 5.02 Å². The third-order valence-corrected chi connectivity index (χ3v) is 5.02. The molecule has 3 rings (SSSR count). The molecule has 1 fully saturated rings. The monoisotopic (exact) mass is 442 g/mol. The van der Waals surface area contributed by atoms with Gasteiger partial charge in [0.2, 0.25) is 0 Å². The Balaban J connectivity index is 0.00000341. The van der Waals surface area contributed by atoms with Crippen LogP contribution in [0.5, 0.6) is 0 Å². The Labute approximate surface area is 197 Å². The number of halogens is 2. The summed E-state index contributed by atoms with van der Waals surface area (Å²) in [4.78, 5) is 28.1. The molecule has 0 spiro atoms. The van der Waals surface area contributed by atoms with Gasteiger partial charge in [-0.05, 0) is 51.3 Å². The summed E-state index contributed by atoms with van der Waals surface area (Å²) < 4.78 is 20.1. The van der Waals surface area contributed by atoms with Gasteiger partial charge in [-0.25, -0.2) is 9.18 Å². The van der Waals surface area contributed by atoms with Gasteiger partial charge in [-0.1, -0.05) is 30.5 Å². The number of rotatable bonds is 6. The SMILES string of the molecule is CC(C)(C)OC(=O)Nc1ccc(Cl)c(F)c1-c1ccc(C(CC2CC2)C(=O)O)nc1.[LiH]. The van der Waals surface area contributed by atoms with Crippen LogP contribution >= 0.6 is 11.6 Å². The number of carboxylic acid groups (broad SMARTS) is 1. The van der Waals surface area contributed by atoms with Crippen LogP contribution < -0.4 is 5.32 Å². The van der Waals surface area contributed by atoms with Gasteiger partial charge in [0, 0.05) is 17.3 Å². The summed E-state index contributed by atoms with van der Waals surface area (Å²) in [5, 5.41) is 12.0. The molecule has 0 radical (unpaired) electrons. The molecule has 1 aliphatic carbocycles. The van der Waals surface area contributed by atoms with E-state index in [1.807, 2.05) is 0 Å². The number of anilines is 1. The van der Waals surface area contributed by atoms with E-state index in [1.165, 1.54) is 18.3 Å². The number of ether oxygens (including phenoxy) is 1. The zero-order valence-electron chi connectivity index (χ0n) is 17.0. The first-order chi connectivity index (χ1) is 14.0. The molecule has 162 valence electrons. The first kappa shape index (κ1) is 25.2. The van der Waals surface area contributed by atoms with Gasteiger partial charge in [-0.15, -0.1) is 0 Å². The Kier molecular flexibility index (Phi) is 8.15. The molecule has 2 aromatic rings. The van der Waals surface area contributed by atoms with E-state index >= 15 is 0 Å². The molecule has 9 heteroatoms. The predicted octanol–water partition coefficient (Wildman–Crippen LogP) is 5.21. The summed E-state index contributed by atoms with van der Waals surface area (Å²) in [6, 6.07) is 5.98. The van der Waals surface area contributed by atoms with Gasteiger partial charge >= 0.3 is 30.9 Å². The van der Waals surface area contributed by atoms with Gasteiger partial charge in [0.25, 0.3) is 0 Å². The van der Waals surface area contributed by atoms with Crippen molar-refractivity contribution < 1.29 is 23.8 Å². The minimum absolute atomic E-state index is 0. The fraction of sp³-hybridized carbons (Fsp3) is 0.409. The molecule has 0 saturated heterocycles. The Morgan fingerprint density at radius 2 is 1.97 bits per heavy atom. The first-order valence-corrected chi connectivity index (χ1v) is 10.1. The summed E-state index contributed by atoms with van der Waals surface area (Å²) in [5.41, 5.74) is 0.295. The third-order valence-electron chi connectivity index (χ3n) is 4.73. The second-order valence-electron chi connectivity index (χ2n) is 8.45. The van der Waals surface area contributed by atoms with Crippen LogP contribution in [0.25, 0.3) is 11.1 Å². The van der Waals surface area contributed by atoms with E-state index < -0.39 is 29.4 Å². The number of nitrogens with zero attached hydrogens (tertiary/aromatic N) is 1. The van der Waals surface area contributed by atoms with Crippen LogP contribution in [0.3, 0.4) is 0 Å². The second kappa shape index (κ2) is 10.0. The zero-order valence-corrected chi connectivity index (χ0v) is 17.8. The first-order valence-electron chi connectivity index (χ1n) is 9.72. The van der Waals surface area contributed by atoms with Crippen molar-refractivity contribution in [1.82, 2.24) is 4.98 Å². The molecular formula is C22H25ClFLiN2O4. The van der Waals surface area contributed by atoms with E-state index in [9.17, 15) is 19.1 Å². The Morgan fingerprint density at radius 3 is 2.48 bits per heavy atom. The molecule has 1 atom stereocenters. The predicted molar refractivity (Wildman–Crippen MR) is 119 cm³/mol. The summed E-state index contributed by atoms with van der Waals surface area (Å²) >= 11 is 5.95. The Morgan fingerprint density at radius 1 is 1.29 bits per heavy atom. The number of benzene rings is 1. The molecule has 0 aliphatic heterocycles. The van der Waals surface area contributed by atoms with Crippen molar-refractivity contribution in [2.45, 2.75) is 51.6 Å². The van der Waals surface area contributed by atoms with Gasteiger partial charge in [0.15, 0.2) is 5.82 Å². The van der Waals surface area contributed by atoms with Gasteiger partial charge in [0.1, 0.15) is 5.60 Å². The van der Waals surface area contributed by atoms with E-state index in [0.29, 0.717) is 23.6 Å². The molecule has 0 bridgehead atoms. The quantitative estimate of drug-likeness (QED) is 0.600. The van der Waals surface area contributed by atoms with Gasteiger partial charge in [-0.2, -0.15) is 0 Å². The molecule has 1 amide bonds. The van der Waals surface area contributed by atoms with E-state index in [1.54, 1.807) is 32.9 Å². The number of hydrogen-bond acceptors (Lipinski definition) is 4. The van der Waals surface area contributed by atoms with E-state index in [-0.39, 0.29) is 35.1 Å². The molecule has 6 nitrogen and oxygen atoms in total. The minimum atomic E-state index is -0.927. The molecule has 1 unspecified atom stereocenters. The Hall–Kier alpha value is -2.07. The molecule has 31 heavy (non-hydrogen) atoms. The fourth-order valence-corrected chi connectivity index (χ4v) is 3.30. The van der Waals surface area contributed by atoms with Crippen LogP contribution in [0.4, 0.5) is 14.9 Å². The molecule has 1 aliphatic rings. The third kappa shape index (κ3) is 6.70. The maximum absolute atomic E-state index is 14.9. The number of carbonyl (C=O) groups is 2. The van der Waals surface area contributed by atoms with Crippen LogP contribution in [-0.4, -0.2) is 46.6 Å². The number of aliphatic carboxylic acids is 1. The van der Waals surface area contributed by atoms with E-state index in [4.69, 9.17) is 16.3 Å².